The highest BCUT2D eigenvalue weighted by Gasteiger charge is 2.33. The molecule has 0 saturated carbocycles. The smallest absolute Gasteiger partial charge is 0.264 e. The number of carbonyl (C=O) groups excluding carboxylic acids is 2. The first-order valence-electron chi connectivity index (χ1n) is 11.8. The summed E-state index contributed by atoms with van der Waals surface area (Å²) in [7, 11) is -4.15. The van der Waals surface area contributed by atoms with Gasteiger partial charge in [-0.1, -0.05) is 76.9 Å². The van der Waals surface area contributed by atoms with Gasteiger partial charge >= 0.3 is 0 Å². The largest absolute Gasteiger partial charge is 0.354 e. The van der Waals surface area contributed by atoms with E-state index in [1.54, 1.807) is 49.4 Å². The summed E-state index contributed by atoms with van der Waals surface area (Å²) in [5, 5.41) is 3.00. The Kier molecular flexibility index (Phi) is 10.1. The van der Waals surface area contributed by atoms with Crippen LogP contribution in [0.25, 0.3) is 0 Å². The highest BCUT2D eigenvalue weighted by atomic mass is 79.9. The molecule has 0 aromatic heterocycles. The van der Waals surface area contributed by atoms with Gasteiger partial charge < -0.3 is 10.2 Å². The van der Waals surface area contributed by atoms with E-state index in [2.05, 4.69) is 21.2 Å². The summed E-state index contributed by atoms with van der Waals surface area (Å²) >= 11 is 9.79. The molecule has 0 spiro atoms. The molecular formula is C27H29BrClN3O4S. The first-order chi connectivity index (χ1) is 17.6. The average molecular weight is 607 g/mol. The molecule has 0 heterocycles. The van der Waals surface area contributed by atoms with E-state index in [9.17, 15) is 18.0 Å². The van der Waals surface area contributed by atoms with E-state index in [0.717, 1.165) is 20.8 Å². The summed E-state index contributed by atoms with van der Waals surface area (Å²) < 4.78 is 29.3. The molecule has 3 aromatic carbocycles. The number of halogens is 2. The quantitative estimate of drug-likeness (QED) is 0.323. The second-order valence-electron chi connectivity index (χ2n) is 8.39. The SMILES string of the molecule is CCCNC(=O)C(C)N(Cc1ccc(Br)cc1)C(=O)CN(c1ccccc1Cl)S(=O)(=O)c1ccccc1. The number of amides is 2. The van der Waals surface area contributed by atoms with Crippen molar-refractivity contribution >= 4 is 55.1 Å². The highest BCUT2D eigenvalue weighted by Crippen LogP contribution is 2.30. The number of hydrogen-bond acceptors (Lipinski definition) is 4. The van der Waals surface area contributed by atoms with Crippen molar-refractivity contribution in [2.24, 2.45) is 0 Å². The zero-order chi connectivity index (χ0) is 27.0. The van der Waals surface area contributed by atoms with Crippen LogP contribution in [-0.2, 0) is 26.2 Å². The lowest BCUT2D eigenvalue weighted by Crippen LogP contribution is -2.51. The molecule has 2 amide bonds. The molecule has 37 heavy (non-hydrogen) atoms. The normalized spacial score (nSPS) is 12.0. The monoisotopic (exact) mass is 605 g/mol. The third-order valence-corrected chi connectivity index (χ3v) is 8.34. The van der Waals surface area contributed by atoms with Gasteiger partial charge in [-0.25, -0.2) is 8.42 Å². The number of rotatable bonds is 11. The Morgan fingerprint density at radius 3 is 2.22 bits per heavy atom. The predicted molar refractivity (Wildman–Crippen MR) is 150 cm³/mol. The van der Waals surface area contributed by atoms with Gasteiger partial charge in [-0.2, -0.15) is 0 Å². The van der Waals surface area contributed by atoms with Gasteiger partial charge in [0.2, 0.25) is 11.8 Å². The molecule has 0 bridgehead atoms. The van der Waals surface area contributed by atoms with Gasteiger partial charge in [0, 0.05) is 17.6 Å². The van der Waals surface area contributed by atoms with Crippen molar-refractivity contribution < 1.29 is 18.0 Å². The standard InChI is InChI=1S/C27H29BrClN3O4S/c1-3-17-30-27(34)20(2)31(18-21-13-15-22(28)16-14-21)26(33)19-32(25-12-8-7-11-24(25)29)37(35,36)23-9-5-4-6-10-23/h4-16,20H,3,17-19H2,1-2H3,(H,30,34). The number of nitrogens with zero attached hydrogens (tertiary/aromatic N) is 2. The fourth-order valence-electron chi connectivity index (χ4n) is 3.65. The van der Waals surface area contributed by atoms with E-state index in [1.165, 1.54) is 17.0 Å². The number of para-hydroxylation sites is 1. The van der Waals surface area contributed by atoms with E-state index >= 15 is 0 Å². The fraction of sp³-hybridized carbons (Fsp3) is 0.259. The molecule has 1 atom stereocenters. The van der Waals surface area contributed by atoms with Crippen molar-refractivity contribution in [3.63, 3.8) is 0 Å². The van der Waals surface area contributed by atoms with Crippen LogP contribution in [0.1, 0.15) is 25.8 Å². The lowest BCUT2D eigenvalue weighted by molar-refractivity contribution is -0.139. The first kappa shape index (κ1) is 28.7. The number of anilines is 1. The summed E-state index contributed by atoms with van der Waals surface area (Å²) in [6.45, 7) is 3.62. The minimum atomic E-state index is -4.15. The molecule has 7 nitrogen and oxygen atoms in total. The maximum Gasteiger partial charge on any atom is 0.264 e. The fourth-order valence-corrected chi connectivity index (χ4v) is 5.66. The van der Waals surface area contributed by atoms with Crippen LogP contribution in [0.4, 0.5) is 5.69 Å². The maximum absolute atomic E-state index is 13.8. The van der Waals surface area contributed by atoms with Crippen molar-refractivity contribution in [1.29, 1.82) is 0 Å². The van der Waals surface area contributed by atoms with E-state index < -0.39 is 28.5 Å². The maximum atomic E-state index is 13.8. The van der Waals surface area contributed by atoms with Crippen LogP contribution in [0, 0.1) is 0 Å². The Bertz CT molecular complexity index is 1320. The minimum absolute atomic E-state index is 0.0240. The van der Waals surface area contributed by atoms with Crippen LogP contribution in [0.15, 0.2) is 88.2 Å². The molecule has 3 rings (SSSR count). The summed E-state index contributed by atoms with van der Waals surface area (Å²) in [6.07, 6.45) is 0.745. The number of sulfonamides is 1. The van der Waals surface area contributed by atoms with E-state index in [4.69, 9.17) is 11.6 Å². The third kappa shape index (κ3) is 7.34. The van der Waals surface area contributed by atoms with Crippen molar-refractivity contribution in [3.05, 3.63) is 93.9 Å². The number of carbonyl (C=O) groups is 2. The van der Waals surface area contributed by atoms with E-state index in [1.807, 2.05) is 31.2 Å². The second-order valence-corrected chi connectivity index (χ2v) is 11.6. The molecule has 0 saturated heterocycles. The van der Waals surface area contributed by atoms with Gasteiger partial charge in [-0.3, -0.25) is 13.9 Å². The van der Waals surface area contributed by atoms with Crippen LogP contribution in [0.5, 0.6) is 0 Å². The minimum Gasteiger partial charge on any atom is -0.354 e. The molecule has 1 unspecified atom stereocenters. The van der Waals surface area contributed by atoms with E-state index in [-0.39, 0.29) is 28.1 Å². The highest BCUT2D eigenvalue weighted by molar-refractivity contribution is 9.10. The Morgan fingerprint density at radius 1 is 0.973 bits per heavy atom. The second kappa shape index (κ2) is 13.1. The van der Waals surface area contributed by atoms with Crippen LogP contribution < -0.4 is 9.62 Å². The van der Waals surface area contributed by atoms with Crippen molar-refractivity contribution in [3.8, 4) is 0 Å². The number of hydrogen-bond donors (Lipinski definition) is 1. The van der Waals surface area contributed by atoms with Gasteiger partial charge in [-0.05, 0) is 55.3 Å². The summed E-state index contributed by atoms with van der Waals surface area (Å²) in [4.78, 5) is 28.1. The molecule has 0 aliphatic rings. The molecule has 0 aliphatic carbocycles. The zero-order valence-corrected chi connectivity index (χ0v) is 23.8. The summed E-state index contributed by atoms with van der Waals surface area (Å²) in [5.41, 5.74) is 0.968. The Hall–Kier alpha value is -2.88. The molecule has 0 aliphatic heterocycles. The Balaban J connectivity index is 2.01. The lowest BCUT2D eigenvalue weighted by Gasteiger charge is -2.32. The summed E-state index contributed by atoms with van der Waals surface area (Å²) in [6, 6.07) is 20.8. The van der Waals surface area contributed by atoms with Gasteiger partial charge in [0.15, 0.2) is 0 Å². The van der Waals surface area contributed by atoms with Gasteiger partial charge in [0.1, 0.15) is 12.6 Å². The first-order valence-corrected chi connectivity index (χ1v) is 14.4. The Labute approximate surface area is 231 Å². The molecule has 10 heteroatoms. The van der Waals surface area contributed by atoms with Crippen LogP contribution in [0.2, 0.25) is 5.02 Å². The van der Waals surface area contributed by atoms with Crippen LogP contribution in [-0.4, -0.2) is 44.3 Å². The van der Waals surface area contributed by atoms with Crippen molar-refractivity contribution in [2.45, 2.75) is 37.8 Å². The molecule has 1 N–H and O–H groups in total. The molecule has 196 valence electrons. The Morgan fingerprint density at radius 2 is 1.59 bits per heavy atom. The topological polar surface area (TPSA) is 86.8 Å². The van der Waals surface area contributed by atoms with Crippen LogP contribution in [0.3, 0.4) is 0 Å². The van der Waals surface area contributed by atoms with Gasteiger partial charge in [0.25, 0.3) is 10.0 Å². The van der Waals surface area contributed by atoms with Crippen molar-refractivity contribution in [1.82, 2.24) is 10.2 Å². The average Bonchev–Trinajstić information content (AvgIpc) is 2.90. The van der Waals surface area contributed by atoms with Crippen LogP contribution >= 0.6 is 27.5 Å². The molecule has 3 aromatic rings. The lowest BCUT2D eigenvalue weighted by atomic mass is 10.1. The van der Waals surface area contributed by atoms with E-state index in [0.29, 0.717) is 6.54 Å². The summed E-state index contributed by atoms with van der Waals surface area (Å²) in [5.74, 6) is -0.857. The zero-order valence-electron chi connectivity index (χ0n) is 20.6. The predicted octanol–water partition coefficient (Wildman–Crippen LogP) is 5.24. The molecule has 0 radical (unpaired) electrons. The number of benzene rings is 3. The molecule has 0 fully saturated rings. The van der Waals surface area contributed by atoms with Crippen molar-refractivity contribution in [2.75, 3.05) is 17.4 Å². The van der Waals surface area contributed by atoms with Gasteiger partial charge in [-0.15, -0.1) is 0 Å². The number of nitrogens with one attached hydrogen (secondary N) is 1. The van der Waals surface area contributed by atoms with Gasteiger partial charge in [0.05, 0.1) is 15.6 Å². The third-order valence-electron chi connectivity index (χ3n) is 5.71. The molecular weight excluding hydrogens is 578 g/mol.